The first-order valence-corrected chi connectivity index (χ1v) is 8.43. The molecule has 0 fully saturated rings. The lowest BCUT2D eigenvalue weighted by Crippen LogP contribution is -2.12. The molecule has 0 saturated heterocycles. The Kier molecular flexibility index (Phi) is 4.96. The van der Waals surface area contributed by atoms with Gasteiger partial charge in [0.1, 0.15) is 5.52 Å². The van der Waals surface area contributed by atoms with Gasteiger partial charge in [-0.15, -0.1) is 0 Å². The number of hydrogen-bond donors (Lipinski definition) is 1. The van der Waals surface area contributed by atoms with Crippen LogP contribution < -0.4 is 19.5 Å². The number of fused-ring (bicyclic) bond motifs is 1. The van der Waals surface area contributed by atoms with Crippen LogP contribution >= 0.6 is 22.9 Å². The maximum Gasteiger partial charge on any atom is 0.257 e. The van der Waals surface area contributed by atoms with Crippen LogP contribution in [0, 0.1) is 0 Å². The number of anilines is 1. The van der Waals surface area contributed by atoms with Crippen molar-refractivity contribution in [2.24, 2.45) is 0 Å². The van der Waals surface area contributed by atoms with Gasteiger partial charge in [0.15, 0.2) is 16.6 Å². The summed E-state index contributed by atoms with van der Waals surface area (Å²) in [5.74, 6) is 0.890. The Labute approximate surface area is 153 Å². The number of thiazole rings is 1. The standard InChI is InChI=1S/C17H15ClN2O4S/c1-22-11-7-9(8-12(23-2)15(11)24-3)16(21)20-17-19-14-10(18)5-4-6-13(14)25-17/h4-8H,1-3H3,(H,19,20,21). The first kappa shape index (κ1) is 17.3. The molecule has 0 aliphatic heterocycles. The van der Waals surface area contributed by atoms with Crippen molar-refractivity contribution in [3.05, 3.63) is 40.9 Å². The quantitative estimate of drug-likeness (QED) is 0.719. The largest absolute Gasteiger partial charge is 0.493 e. The average molecular weight is 379 g/mol. The van der Waals surface area contributed by atoms with Gasteiger partial charge in [-0.3, -0.25) is 10.1 Å². The highest BCUT2D eigenvalue weighted by atomic mass is 35.5. The number of amides is 1. The lowest BCUT2D eigenvalue weighted by atomic mass is 10.1. The lowest BCUT2D eigenvalue weighted by Gasteiger charge is -2.13. The second kappa shape index (κ2) is 7.16. The summed E-state index contributed by atoms with van der Waals surface area (Å²) in [6.45, 7) is 0. The van der Waals surface area contributed by atoms with Crippen LogP contribution in [0.1, 0.15) is 10.4 Å². The summed E-state index contributed by atoms with van der Waals surface area (Å²) in [5.41, 5.74) is 1.02. The Morgan fingerprint density at radius 1 is 1.12 bits per heavy atom. The smallest absolute Gasteiger partial charge is 0.257 e. The third-order valence-corrected chi connectivity index (χ3v) is 4.76. The SMILES string of the molecule is COc1cc(C(=O)Nc2nc3c(Cl)cccc3s2)cc(OC)c1OC. The van der Waals surface area contributed by atoms with Crippen molar-refractivity contribution in [3.8, 4) is 17.2 Å². The second-order valence-corrected chi connectivity index (χ2v) is 6.41. The van der Waals surface area contributed by atoms with Crippen LogP contribution in [-0.4, -0.2) is 32.2 Å². The molecule has 130 valence electrons. The van der Waals surface area contributed by atoms with E-state index in [4.69, 9.17) is 25.8 Å². The molecular formula is C17H15ClN2O4S. The molecule has 0 bridgehead atoms. The Morgan fingerprint density at radius 3 is 2.36 bits per heavy atom. The van der Waals surface area contributed by atoms with Crippen molar-refractivity contribution in [2.45, 2.75) is 0 Å². The summed E-state index contributed by atoms with van der Waals surface area (Å²) in [6.07, 6.45) is 0. The van der Waals surface area contributed by atoms with E-state index in [-0.39, 0.29) is 5.91 Å². The van der Waals surface area contributed by atoms with Crippen LogP contribution in [0.25, 0.3) is 10.2 Å². The number of nitrogens with zero attached hydrogens (tertiary/aromatic N) is 1. The molecule has 2 aromatic carbocycles. The fourth-order valence-electron chi connectivity index (χ4n) is 2.35. The molecule has 3 aromatic rings. The topological polar surface area (TPSA) is 69.7 Å². The maximum atomic E-state index is 12.6. The van der Waals surface area contributed by atoms with Crippen LogP contribution in [0.2, 0.25) is 5.02 Å². The number of halogens is 1. The van der Waals surface area contributed by atoms with E-state index in [9.17, 15) is 4.79 Å². The molecule has 0 radical (unpaired) electrons. The summed E-state index contributed by atoms with van der Waals surface area (Å²) in [5, 5.41) is 3.78. The normalized spacial score (nSPS) is 10.6. The Bertz CT molecular complexity index is 917. The van der Waals surface area contributed by atoms with Gasteiger partial charge >= 0.3 is 0 Å². The van der Waals surface area contributed by atoms with Gasteiger partial charge in [0.05, 0.1) is 31.1 Å². The molecule has 0 saturated carbocycles. The summed E-state index contributed by atoms with van der Waals surface area (Å²) < 4.78 is 16.7. The number of ether oxygens (including phenoxy) is 3. The van der Waals surface area contributed by atoms with Crippen LogP contribution in [-0.2, 0) is 0 Å². The van der Waals surface area contributed by atoms with Crippen LogP contribution in [0.3, 0.4) is 0 Å². The summed E-state index contributed by atoms with van der Waals surface area (Å²) in [7, 11) is 4.49. The minimum absolute atomic E-state index is 0.338. The van der Waals surface area contributed by atoms with Gasteiger partial charge in [-0.2, -0.15) is 0 Å². The van der Waals surface area contributed by atoms with Gasteiger partial charge in [0.2, 0.25) is 5.75 Å². The monoisotopic (exact) mass is 378 g/mol. The number of carbonyl (C=O) groups excluding carboxylic acids is 1. The van der Waals surface area contributed by atoms with Crippen molar-refractivity contribution in [2.75, 3.05) is 26.6 Å². The van der Waals surface area contributed by atoms with Crippen LogP contribution in [0.4, 0.5) is 5.13 Å². The first-order valence-electron chi connectivity index (χ1n) is 7.23. The van der Waals surface area contributed by atoms with E-state index in [0.29, 0.717) is 38.5 Å². The second-order valence-electron chi connectivity index (χ2n) is 4.97. The molecule has 8 heteroatoms. The Hall–Kier alpha value is -2.51. The molecule has 0 aliphatic rings. The van der Waals surface area contributed by atoms with Crippen LogP contribution in [0.15, 0.2) is 30.3 Å². The molecule has 6 nitrogen and oxygen atoms in total. The van der Waals surface area contributed by atoms with Crippen molar-refractivity contribution >= 4 is 44.2 Å². The predicted molar refractivity (Wildman–Crippen MR) is 98.7 cm³/mol. The highest BCUT2D eigenvalue weighted by molar-refractivity contribution is 7.22. The van der Waals surface area contributed by atoms with E-state index < -0.39 is 0 Å². The zero-order chi connectivity index (χ0) is 18.0. The highest BCUT2D eigenvalue weighted by Crippen LogP contribution is 2.38. The number of aromatic nitrogens is 1. The van der Waals surface area contributed by atoms with Crippen molar-refractivity contribution in [1.82, 2.24) is 4.98 Å². The third kappa shape index (κ3) is 3.33. The molecule has 0 aliphatic carbocycles. The summed E-state index contributed by atoms with van der Waals surface area (Å²) in [6, 6.07) is 8.66. The van der Waals surface area contributed by atoms with Gasteiger partial charge in [-0.1, -0.05) is 29.0 Å². The number of nitrogens with one attached hydrogen (secondary N) is 1. The van der Waals surface area contributed by atoms with E-state index in [1.165, 1.54) is 32.7 Å². The van der Waals surface area contributed by atoms with E-state index in [2.05, 4.69) is 10.3 Å². The summed E-state index contributed by atoms with van der Waals surface area (Å²) in [4.78, 5) is 16.9. The molecule has 0 unspecified atom stereocenters. The third-order valence-electron chi connectivity index (χ3n) is 3.52. The van der Waals surface area contributed by atoms with Crippen molar-refractivity contribution in [1.29, 1.82) is 0 Å². The average Bonchev–Trinajstić information content (AvgIpc) is 3.04. The lowest BCUT2D eigenvalue weighted by molar-refractivity contribution is 0.102. The minimum atomic E-state index is -0.338. The fraction of sp³-hybridized carbons (Fsp3) is 0.176. The molecule has 3 rings (SSSR count). The molecule has 1 N–H and O–H groups in total. The molecule has 25 heavy (non-hydrogen) atoms. The van der Waals surface area contributed by atoms with E-state index in [1.54, 1.807) is 18.2 Å². The molecule has 0 spiro atoms. The molecule has 1 aromatic heterocycles. The van der Waals surface area contributed by atoms with Gasteiger partial charge in [-0.05, 0) is 24.3 Å². The molecule has 0 atom stereocenters. The zero-order valence-electron chi connectivity index (χ0n) is 13.8. The number of carbonyl (C=O) groups is 1. The number of methoxy groups -OCH3 is 3. The maximum absolute atomic E-state index is 12.6. The zero-order valence-corrected chi connectivity index (χ0v) is 15.3. The Morgan fingerprint density at radius 2 is 1.80 bits per heavy atom. The van der Waals surface area contributed by atoms with E-state index >= 15 is 0 Å². The number of para-hydroxylation sites is 1. The van der Waals surface area contributed by atoms with Gasteiger partial charge in [0.25, 0.3) is 5.91 Å². The fourth-order valence-corrected chi connectivity index (χ4v) is 3.51. The molecular weight excluding hydrogens is 364 g/mol. The molecule has 1 amide bonds. The predicted octanol–water partition coefficient (Wildman–Crippen LogP) is 4.23. The van der Waals surface area contributed by atoms with Gasteiger partial charge in [-0.25, -0.2) is 4.98 Å². The minimum Gasteiger partial charge on any atom is -0.493 e. The number of hydrogen-bond acceptors (Lipinski definition) is 6. The Balaban J connectivity index is 1.93. The van der Waals surface area contributed by atoms with E-state index in [0.717, 1.165) is 4.70 Å². The van der Waals surface area contributed by atoms with Crippen molar-refractivity contribution in [3.63, 3.8) is 0 Å². The molecule has 1 heterocycles. The first-order chi connectivity index (χ1) is 12.1. The number of rotatable bonds is 5. The number of benzene rings is 2. The van der Waals surface area contributed by atoms with Crippen LogP contribution in [0.5, 0.6) is 17.2 Å². The summed E-state index contributed by atoms with van der Waals surface area (Å²) >= 11 is 7.47. The highest BCUT2D eigenvalue weighted by Gasteiger charge is 2.18. The van der Waals surface area contributed by atoms with E-state index in [1.807, 2.05) is 12.1 Å². The van der Waals surface area contributed by atoms with Crippen molar-refractivity contribution < 1.29 is 19.0 Å². The van der Waals surface area contributed by atoms with Gasteiger partial charge in [0, 0.05) is 5.56 Å². The van der Waals surface area contributed by atoms with Gasteiger partial charge < -0.3 is 14.2 Å².